The Morgan fingerprint density at radius 3 is 2.55 bits per heavy atom. The second kappa shape index (κ2) is 12.2. The van der Waals surface area contributed by atoms with Crippen molar-refractivity contribution < 1.29 is 23.9 Å². The molecule has 2 heterocycles. The van der Waals surface area contributed by atoms with Crippen molar-refractivity contribution in [3.63, 3.8) is 0 Å². The Morgan fingerprint density at radius 2 is 1.88 bits per heavy atom. The molecule has 0 saturated carbocycles. The molecule has 6 N–H and O–H groups in total. The fourth-order valence-corrected chi connectivity index (χ4v) is 4.52. The van der Waals surface area contributed by atoms with Crippen LogP contribution in [0.5, 0.6) is 11.5 Å². The number of nitrogens with one attached hydrogen (secondary N) is 2. The van der Waals surface area contributed by atoms with E-state index in [4.69, 9.17) is 20.9 Å². The third-order valence-corrected chi connectivity index (χ3v) is 6.56. The first-order valence-electron chi connectivity index (χ1n) is 12.5. The van der Waals surface area contributed by atoms with Crippen LogP contribution >= 0.6 is 0 Å². The Labute approximate surface area is 231 Å². The maximum absolute atomic E-state index is 12.2. The summed E-state index contributed by atoms with van der Waals surface area (Å²) >= 11 is 0. The number of allylic oxidation sites excluding steroid dienone is 1. The van der Waals surface area contributed by atoms with Gasteiger partial charge in [-0.15, -0.1) is 0 Å². The molecule has 1 aliphatic rings. The Bertz CT molecular complexity index is 1460. The van der Waals surface area contributed by atoms with Crippen LogP contribution in [0.4, 0.5) is 28.8 Å². The molecule has 1 aliphatic heterocycles. The number of methoxy groups -OCH3 is 2. The van der Waals surface area contributed by atoms with Gasteiger partial charge in [0.2, 0.25) is 11.9 Å². The van der Waals surface area contributed by atoms with Crippen molar-refractivity contribution in [2.75, 3.05) is 36.3 Å². The predicted molar refractivity (Wildman–Crippen MR) is 152 cm³/mol. The van der Waals surface area contributed by atoms with Crippen LogP contribution in [0.3, 0.4) is 0 Å². The summed E-state index contributed by atoms with van der Waals surface area (Å²) in [6.45, 7) is 4.24. The molecule has 12 heteroatoms. The van der Waals surface area contributed by atoms with E-state index in [0.29, 0.717) is 41.4 Å². The standard InChI is InChI=1S/C28H31N7O5/c1-4-18(36)12-16-13-19(39-2)8-10-21(16)32-27-20(25(29)37)15-31-28(34-27)33-22-9-7-17(14-24(22)40-3)35-11-5-6-23(35)26(30)38/h4,7-10,13-15,23H,1,5-6,11-12H2,2-3H3,(H2,29,37)(H2,30,38)(H2,31,32,33,34)/t23-/m0/s1. The molecule has 0 aliphatic carbocycles. The number of aromatic nitrogens is 2. The van der Waals surface area contributed by atoms with Gasteiger partial charge in [0.15, 0.2) is 5.78 Å². The highest BCUT2D eigenvalue weighted by Gasteiger charge is 2.29. The number of hydrogen-bond donors (Lipinski definition) is 4. The van der Waals surface area contributed by atoms with E-state index in [1.807, 2.05) is 11.0 Å². The predicted octanol–water partition coefficient (Wildman–Crippen LogP) is 2.83. The molecule has 40 heavy (non-hydrogen) atoms. The lowest BCUT2D eigenvalue weighted by atomic mass is 10.1. The summed E-state index contributed by atoms with van der Waals surface area (Å²) in [6, 6.07) is 10.2. The normalized spacial score (nSPS) is 14.3. The van der Waals surface area contributed by atoms with E-state index >= 15 is 0 Å². The molecule has 12 nitrogen and oxygen atoms in total. The molecule has 0 spiro atoms. The second-order valence-corrected chi connectivity index (χ2v) is 9.08. The number of carbonyl (C=O) groups is 3. The summed E-state index contributed by atoms with van der Waals surface area (Å²) in [5.41, 5.74) is 13.7. The van der Waals surface area contributed by atoms with E-state index < -0.39 is 5.91 Å². The summed E-state index contributed by atoms with van der Waals surface area (Å²) in [4.78, 5) is 46.8. The Hall–Kier alpha value is -5.13. The van der Waals surface area contributed by atoms with Crippen molar-refractivity contribution in [3.05, 3.63) is 66.4 Å². The molecule has 1 fully saturated rings. The summed E-state index contributed by atoms with van der Waals surface area (Å²) in [5.74, 6) is 0.0575. The Kier molecular flexibility index (Phi) is 8.48. The molecule has 0 bridgehead atoms. The number of nitrogens with two attached hydrogens (primary N) is 2. The molecule has 1 atom stereocenters. The number of nitrogens with zero attached hydrogens (tertiary/aromatic N) is 3. The minimum Gasteiger partial charge on any atom is -0.497 e. The Morgan fingerprint density at radius 1 is 1.10 bits per heavy atom. The average Bonchev–Trinajstić information content (AvgIpc) is 3.44. The third-order valence-electron chi connectivity index (χ3n) is 6.56. The SMILES string of the molecule is C=CC(=O)Cc1cc(OC)ccc1Nc1nc(Nc2ccc(N3CCC[C@H]3C(N)=O)cc2OC)ncc1C(N)=O. The summed E-state index contributed by atoms with van der Waals surface area (Å²) in [7, 11) is 3.05. The maximum atomic E-state index is 12.2. The number of rotatable bonds is 12. The molecule has 208 valence electrons. The third kappa shape index (κ3) is 6.12. The van der Waals surface area contributed by atoms with E-state index in [1.54, 1.807) is 30.3 Å². The second-order valence-electron chi connectivity index (χ2n) is 9.08. The van der Waals surface area contributed by atoms with Crippen LogP contribution in [0.2, 0.25) is 0 Å². The zero-order valence-corrected chi connectivity index (χ0v) is 22.3. The van der Waals surface area contributed by atoms with Crippen LogP contribution in [0.25, 0.3) is 0 Å². The van der Waals surface area contributed by atoms with Gasteiger partial charge in [0, 0.05) is 36.6 Å². The van der Waals surface area contributed by atoms with Gasteiger partial charge >= 0.3 is 0 Å². The fourth-order valence-electron chi connectivity index (χ4n) is 4.52. The van der Waals surface area contributed by atoms with E-state index in [2.05, 4.69) is 27.2 Å². The molecule has 1 saturated heterocycles. The highest BCUT2D eigenvalue weighted by molar-refractivity contribution is 5.98. The molecule has 2 amide bonds. The molecular formula is C28H31N7O5. The first-order chi connectivity index (χ1) is 19.2. The number of anilines is 5. The van der Waals surface area contributed by atoms with Gasteiger partial charge in [0.05, 0.1) is 19.9 Å². The maximum Gasteiger partial charge on any atom is 0.254 e. The lowest BCUT2D eigenvalue weighted by Gasteiger charge is -2.25. The smallest absolute Gasteiger partial charge is 0.254 e. The van der Waals surface area contributed by atoms with Crippen molar-refractivity contribution in [2.24, 2.45) is 11.5 Å². The molecule has 3 aromatic rings. The van der Waals surface area contributed by atoms with E-state index in [9.17, 15) is 14.4 Å². The number of carbonyl (C=O) groups excluding carboxylic acids is 3. The van der Waals surface area contributed by atoms with Crippen molar-refractivity contribution in [2.45, 2.75) is 25.3 Å². The van der Waals surface area contributed by atoms with Crippen LogP contribution in [0.1, 0.15) is 28.8 Å². The summed E-state index contributed by atoms with van der Waals surface area (Å²) < 4.78 is 10.9. The number of ether oxygens (including phenoxy) is 2. The van der Waals surface area contributed by atoms with Crippen molar-refractivity contribution in [1.29, 1.82) is 0 Å². The van der Waals surface area contributed by atoms with E-state index in [0.717, 1.165) is 12.1 Å². The lowest BCUT2D eigenvalue weighted by molar-refractivity contribution is -0.119. The highest BCUT2D eigenvalue weighted by Crippen LogP contribution is 2.35. The number of ketones is 1. The number of primary amides is 2. The first kappa shape index (κ1) is 27.9. The number of amides is 2. The molecular weight excluding hydrogens is 514 g/mol. The molecule has 2 aromatic carbocycles. The summed E-state index contributed by atoms with van der Waals surface area (Å²) in [5, 5.41) is 6.21. The topological polar surface area (TPSA) is 175 Å². The zero-order valence-electron chi connectivity index (χ0n) is 22.3. The summed E-state index contributed by atoms with van der Waals surface area (Å²) in [6.07, 6.45) is 4.17. The number of hydrogen-bond acceptors (Lipinski definition) is 10. The van der Waals surface area contributed by atoms with E-state index in [1.165, 1.54) is 26.5 Å². The van der Waals surface area contributed by atoms with Gasteiger partial charge in [-0.3, -0.25) is 14.4 Å². The van der Waals surface area contributed by atoms with Crippen LogP contribution < -0.4 is 36.5 Å². The average molecular weight is 546 g/mol. The van der Waals surface area contributed by atoms with Gasteiger partial charge in [0.1, 0.15) is 28.9 Å². The van der Waals surface area contributed by atoms with Gasteiger partial charge in [-0.05, 0) is 54.8 Å². The van der Waals surface area contributed by atoms with Crippen molar-refractivity contribution >= 4 is 46.4 Å². The van der Waals surface area contributed by atoms with E-state index in [-0.39, 0.29) is 41.5 Å². The molecule has 0 unspecified atom stereocenters. The molecule has 4 rings (SSSR count). The first-order valence-corrected chi connectivity index (χ1v) is 12.5. The highest BCUT2D eigenvalue weighted by atomic mass is 16.5. The van der Waals surface area contributed by atoms with Crippen molar-refractivity contribution in [3.8, 4) is 11.5 Å². The van der Waals surface area contributed by atoms with Gasteiger partial charge in [0.25, 0.3) is 5.91 Å². The molecule has 0 radical (unpaired) electrons. The fraction of sp³-hybridized carbons (Fsp3) is 0.250. The Balaban J connectivity index is 1.65. The largest absolute Gasteiger partial charge is 0.497 e. The van der Waals surface area contributed by atoms with Crippen LogP contribution in [0, 0.1) is 0 Å². The van der Waals surface area contributed by atoms with Crippen LogP contribution in [-0.2, 0) is 16.0 Å². The molecule has 1 aromatic heterocycles. The van der Waals surface area contributed by atoms with Gasteiger partial charge in [-0.2, -0.15) is 4.98 Å². The van der Waals surface area contributed by atoms with Gasteiger partial charge in [-0.25, -0.2) is 4.98 Å². The quantitative estimate of drug-likeness (QED) is 0.248. The number of benzene rings is 2. The lowest BCUT2D eigenvalue weighted by Crippen LogP contribution is -2.40. The van der Waals surface area contributed by atoms with Crippen molar-refractivity contribution in [1.82, 2.24) is 9.97 Å². The van der Waals surface area contributed by atoms with Gasteiger partial charge in [-0.1, -0.05) is 6.58 Å². The van der Waals surface area contributed by atoms with Crippen LogP contribution in [-0.4, -0.2) is 54.4 Å². The van der Waals surface area contributed by atoms with Gasteiger partial charge < -0.3 is 36.5 Å². The zero-order chi connectivity index (χ0) is 28.8. The monoisotopic (exact) mass is 545 g/mol. The minimum absolute atomic E-state index is 0.0520. The van der Waals surface area contributed by atoms with Crippen LogP contribution in [0.15, 0.2) is 55.3 Å². The minimum atomic E-state index is -0.733.